The van der Waals surface area contributed by atoms with Gasteiger partial charge in [-0.15, -0.1) is 0 Å². The lowest BCUT2D eigenvalue weighted by molar-refractivity contribution is 0.209. The topological polar surface area (TPSA) is 62.2 Å². The lowest BCUT2D eigenvalue weighted by Gasteiger charge is -2.19. The summed E-state index contributed by atoms with van der Waals surface area (Å²) in [7, 11) is 0. The molecule has 0 radical (unpaired) electrons. The first-order chi connectivity index (χ1) is 6.79. The van der Waals surface area contributed by atoms with Gasteiger partial charge in [0, 0.05) is 22.5 Å². The Morgan fingerprint density at radius 1 is 1.40 bits per heavy atom. The third kappa shape index (κ3) is 3.23. The predicted molar refractivity (Wildman–Crippen MR) is 59.3 cm³/mol. The van der Waals surface area contributed by atoms with Crippen LogP contribution in [0, 0.1) is 6.92 Å². The summed E-state index contributed by atoms with van der Waals surface area (Å²) in [4.78, 5) is 14.9. The Hall–Kier alpha value is -1.58. The molecule has 0 unspecified atom stereocenters. The molecule has 2 N–H and O–H groups in total. The smallest absolute Gasteiger partial charge is 0.409 e. The van der Waals surface area contributed by atoms with Crippen LogP contribution < -0.4 is 5.32 Å². The number of rotatable bonds is 1. The van der Waals surface area contributed by atoms with E-state index in [1.807, 2.05) is 27.7 Å². The fourth-order valence-electron chi connectivity index (χ4n) is 1.25. The normalized spacial score (nSPS) is 11.2. The van der Waals surface area contributed by atoms with Gasteiger partial charge in [0.15, 0.2) is 0 Å². The fourth-order valence-corrected chi connectivity index (χ4v) is 1.25. The van der Waals surface area contributed by atoms with E-state index in [2.05, 4.69) is 10.3 Å². The summed E-state index contributed by atoms with van der Waals surface area (Å²) in [6, 6.07) is 3.48. The molecule has 0 spiro atoms. The molecule has 82 valence electrons. The van der Waals surface area contributed by atoms with Gasteiger partial charge < -0.3 is 5.11 Å². The number of hydrogen-bond acceptors (Lipinski definition) is 2. The summed E-state index contributed by atoms with van der Waals surface area (Å²) in [6.45, 7) is 7.97. The minimum absolute atomic E-state index is 0.0824. The molecule has 0 fully saturated rings. The van der Waals surface area contributed by atoms with Crippen molar-refractivity contribution < 1.29 is 9.90 Å². The number of carbonyl (C=O) groups is 1. The second kappa shape index (κ2) is 3.88. The Bertz CT molecular complexity index is 381. The summed E-state index contributed by atoms with van der Waals surface area (Å²) >= 11 is 0. The molecule has 4 nitrogen and oxygen atoms in total. The molecule has 15 heavy (non-hydrogen) atoms. The highest BCUT2D eigenvalue weighted by molar-refractivity contribution is 5.82. The molecule has 0 aromatic carbocycles. The standard InChI is InChI=1S/C11H16N2O2/c1-7-5-8(13-10(14)15)6-9(12-7)11(2,3)4/h5-6H,1-4H3,(H,12,13)(H,14,15). The number of aromatic nitrogens is 1. The van der Waals surface area contributed by atoms with Gasteiger partial charge >= 0.3 is 6.09 Å². The maximum Gasteiger partial charge on any atom is 0.409 e. The lowest BCUT2D eigenvalue weighted by atomic mass is 9.91. The minimum Gasteiger partial charge on any atom is -0.465 e. The Labute approximate surface area is 89.3 Å². The van der Waals surface area contributed by atoms with Gasteiger partial charge in [-0.1, -0.05) is 20.8 Å². The van der Waals surface area contributed by atoms with E-state index in [0.29, 0.717) is 5.69 Å². The van der Waals surface area contributed by atoms with Gasteiger partial charge in [-0.3, -0.25) is 10.3 Å². The SMILES string of the molecule is Cc1cc(NC(=O)O)cc(C(C)(C)C)n1. The Balaban J connectivity index is 3.11. The molecule has 1 rings (SSSR count). The summed E-state index contributed by atoms with van der Waals surface area (Å²) < 4.78 is 0. The van der Waals surface area contributed by atoms with Gasteiger partial charge in [0.05, 0.1) is 0 Å². The van der Waals surface area contributed by atoms with Crippen LogP contribution in [0.15, 0.2) is 12.1 Å². The highest BCUT2D eigenvalue weighted by Crippen LogP contribution is 2.23. The van der Waals surface area contributed by atoms with Crippen LogP contribution in [0.25, 0.3) is 0 Å². The van der Waals surface area contributed by atoms with Crippen LogP contribution >= 0.6 is 0 Å². The van der Waals surface area contributed by atoms with E-state index in [1.54, 1.807) is 12.1 Å². The molecule has 0 atom stereocenters. The summed E-state index contributed by atoms with van der Waals surface area (Å²) in [6.07, 6.45) is -1.06. The molecule has 0 saturated carbocycles. The number of anilines is 1. The highest BCUT2D eigenvalue weighted by atomic mass is 16.4. The molecule has 0 aliphatic heterocycles. The second-order valence-electron chi connectivity index (χ2n) is 4.56. The number of pyridine rings is 1. The second-order valence-corrected chi connectivity index (χ2v) is 4.56. The van der Waals surface area contributed by atoms with Gasteiger partial charge in [-0.25, -0.2) is 4.79 Å². The van der Waals surface area contributed by atoms with Crippen molar-refractivity contribution in [3.63, 3.8) is 0 Å². The van der Waals surface area contributed by atoms with Gasteiger partial charge in [0.2, 0.25) is 0 Å². The maximum atomic E-state index is 10.5. The van der Waals surface area contributed by atoms with E-state index >= 15 is 0 Å². The van der Waals surface area contributed by atoms with Crippen molar-refractivity contribution in [3.8, 4) is 0 Å². The van der Waals surface area contributed by atoms with Crippen molar-refractivity contribution in [2.24, 2.45) is 0 Å². The summed E-state index contributed by atoms with van der Waals surface area (Å²) in [5.74, 6) is 0. The number of carboxylic acid groups (broad SMARTS) is 1. The van der Waals surface area contributed by atoms with E-state index in [9.17, 15) is 4.79 Å². The zero-order valence-corrected chi connectivity index (χ0v) is 9.46. The zero-order chi connectivity index (χ0) is 11.6. The fraction of sp³-hybridized carbons (Fsp3) is 0.455. The Kier molecular flexibility index (Phi) is 2.98. The zero-order valence-electron chi connectivity index (χ0n) is 9.46. The average molecular weight is 208 g/mol. The van der Waals surface area contributed by atoms with Crippen LogP contribution in [0.3, 0.4) is 0 Å². The molecule has 0 saturated heterocycles. The first-order valence-electron chi connectivity index (χ1n) is 4.78. The van der Waals surface area contributed by atoms with Gasteiger partial charge in [-0.2, -0.15) is 0 Å². The van der Waals surface area contributed by atoms with Gasteiger partial charge in [0.1, 0.15) is 0 Å². The lowest BCUT2D eigenvalue weighted by Crippen LogP contribution is -2.16. The molecular weight excluding hydrogens is 192 g/mol. The van der Waals surface area contributed by atoms with E-state index in [0.717, 1.165) is 11.4 Å². The molecular formula is C11H16N2O2. The van der Waals surface area contributed by atoms with Crippen molar-refractivity contribution in [2.45, 2.75) is 33.1 Å². The van der Waals surface area contributed by atoms with Crippen molar-refractivity contribution >= 4 is 11.8 Å². The largest absolute Gasteiger partial charge is 0.465 e. The molecule has 4 heteroatoms. The van der Waals surface area contributed by atoms with Crippen LogP contribution in [0.1, 0.15) is 32.2 Å². The van der Waals surface area contributed by atoms with E-state index in [4.69, 9.17) is 5.11 Å². The van der Waals surface area contributed by atoms with Gasteiger partial charge in [-0.05, 0) is 19.1 Å². The van der Waals surface area contributed by atoms with E-state index in [-0.39, 0.29) is 5.41 Å². The Morgan fingerprint density at radius 3 is 2.47 bits per heavy atom. The third-order valence-corrected chi connectivity index (χ3v) is 1.97. The minimum atomic E-state index is -1.06. The van der Waals surface area contributed by atoms with Gasteiger partial charge in [0.25, 0.3) is 0 Å². The maximum absolute atomic E-state index is 10.5. The molecule has 1 heterocycles. The van der Waals surface area contributed by atoms with E-state index < -0.39 is 6.09 Å². The molecule has 1 amide bonds. The monoisotopic (exact) mass is 208 g/mol. The molecule has 1 aromatic heterocycles. The highest BCUT2D eigenvalue weighted by Gasteiger charge is 2.16. The first kappa shape index (κ1) is 11.5. The number of amides is 1. The molecule has 0 bridgehead atoms. The summed E-state index contributed by atoms with van der Waals surface area (Å²) in [5, 5.41) is 11.0. The number of nitrogens with zero attached hydrogens (tertiary/aromatic N) is 1. The van der Waals surface area contributed by atoms with Crippen LogP contribution in [0.2, 0.25) is 0 Å². The van der Waals surface area contributed by atoms with Crippen LogP contribution in [-0.2, 0) is 5.41 Å². The van der Waals surface area contributed by atoms with Crippen molar-refractivity contribution in [1.82, 2.24) is 4.98 Å². The molecule has 1 aromatic rings. The molecule has 0 aliphatic rings. The predicted octanol–water partition coefficient (Wildman–Crippen LogP) is 2.78. The summed E-state index contributed by atoms with van der Waals surface area (Å²) in [5.41, 5.74) is 2.18. The van der Waals surface area contributed by atoms with E-state index in [1.165, 1.54) is 0 Å². The van der Waals surface area contributed by atoms with Crippen LogP contribution in [0.5, 0.6) is 0 Å². The third-order valence-electron chi connectivity index (χ3n) is 1.97. The van der Waals surface area contributed by atoms with Crippen LogP contribution in [-0.4, -0.2) is 16.2 Å². The van der Waals surface area contributed by atoms with Crippen molar-refractivity contribution in [2.75, 3.05) is 5.32 Å². The first-order valence-corrected chi connectivity index (χ1v) is 4.78. The number of aryl methyl sites for hydroxylation is 1. The Morgan fingerprint density at radius 2 is 2.00 bits per heavy atom. The quantitative estimate of drug-likeness (QED) is 0.746. The average Bonchev–Trinajstić information content (AvgIpc) is 1.99. The van der Waals surface area contributed by atoms with Crippen LogP contribution in [0.4, 0.5) is 10.5 Å². The molecule has 0 aliphatic carbocycles. The number of nitrogens with one attached hydrogen (secondary N) is 1. The number of hydrogen-bond donors (Lipinski definition) is 2. The van der Waals surface area contributed by atoms with Crippen molar-refractivity contribution in [1.29, 1.82) is 0 Å². The van der Waals surface area contributed by atoms with Crippen molar-refractivity contribution in [3.05, 3.63) is 23.5 Å².